The Labute approximate surface area is 145 Å². The Balaban J connectivity index is 1.81. The minimum Gasteiger partial charge on any atom is -0.485 e. The number of ether oxygens (including phenoxy) is 2. The van der Waals surface area contributed by atoms with Gasteiger partial charge in [-0.25, -0.2) is 0 Å². The molecule has 2 aromatic carbocycles. The minimum absolute atomic E-state index is 0.169. The van der Waals surface area contributed by atoms with Crippen molar-refractivity contribution in [2.75, 3.05) is 0 Å². The molecule has 0 fully saturated rings. The maximum Gasteiger partial charge on any atom is 0.186 e. The number of nitriles is 1. The lowest BCUT2D eigenvalue weighted by molar-refractivity contribution is 0.225. The fourth-order valence-electron chi connectivity index (χ4n) is 2.26. The van der Waals surface area contributed by atoms with Crippen LogP contribution in [-0.2, 0) is 6.61 Å². The topological polar surface area (TPSA) is 75.4 Å². The van der Waals surface area contributed by atoms with Crippen molar-refractivity contribution in [2.24, 2.45) is 0 Å². The number of benzene rings is 2. The largest absolute Gasteiger partial charge is 0.485 e. The van der Waals surface area contributed by atoms with Crippen molar-refractivity contribution in [3.63, 3.8) is 0 Å². The molecule has 1 atom stereocenters. The van der Waals surface area contributed by atoms with E-state index in [1.807, 2.05) is 42.5 Å². The Morgan fingerprint density at radius 3 is 2.36 bits per heavy atom. The molecule has 0 radical (unpaired) electrons. The number of aliphatic hydroxyl groups excluding tert-OH is 1. The van der Waals surface area contributed by atoms with E-state index < -0.39 is 6.10 Å². The van der Waals surface area contributed by atoms with Gasteiger partial charge in [-0.15, -0.1) is 0 Å². The van der Waals surface area contributed by atoms with Crippen LogP contribution in [0.25, 0.3) is 0 Å². The first kappa shape index (κ1) is 16.5. The van der Waals surface area contributed by atoms with Gasteiger partial charge in [-0.1, -0.05) is 42.5 Å². The van der Waals surface area contributed by atoms with Crippen LogP contribution in [0.4, 0.5) is 0 Å². The minimum atomic E-state index is -1.35. The fraction of sp³-hybridized carbons (Fsp3) is 0.100. The number of hydrogen-bond acceptors (Lipinski definition) is 5. The van der Waals surface area contributed by atoms with Crippen LogP contribution >= 0.6 is 0 Å². The average Bonchev–Trinajstić information content (AvgIpc) is 2.68. The molecule has 0 aliphatic rings. The number of aromatic nitrogens is 1. The van der Waals surface area contributed by atoms with Crippen molar-refractivity contribution in [2.45, 2.75) is 12.7 Å². The normalized spacial score (nSPS) is 11.4. The summed E-state index contributed by atoms with van der Waals surface area (Å²) < 4.78 is 11.7. The van der Waals surface area contributed by atoms with Crippen LogP contribution in [0.5, 0.6) is 17.2 Å². The highest BCUT2D eigenvalue weighted by Gasteiger charge is 2.16. The standard InChI is InChI=1S/C20H16N2O3/c21-13-16(23)20-19(11-6-12-22-20)25-18-10-5-4-9-17(18)24-14-15-7-2-1-3-8-15/h1-12,16,23H,14H2. The Hall–Kier alpha value is -3.36. The van der Waals surface area contributed by atoms with Crippen LogP contribution < -0.4 is 9.47 Å². The third-order valence-electron chi connectivity index (χ3n) is 3.49. The zero-order valence-corrected chi connectivity index (χ0v) is 13.4. The van der Waals surface area contributed by atoms with Crippen LogP contribution in [0, 0.1) is 11.3 Å². The molecule has 1 unspecified atom stereocenters. The highest BCUT2D eigenvalue weighted by molar-refractivity contribution is 5.44. The summed E-state index contributed by atoms with van der Waals surface area (Å²) in [5.41, 5.74) is 1.21. The zero-order chi connectivity index (χ0) is 17.5. The number of pyridine rings is 1. The van der Waals surface area contributed by atoms with E-state index in [9.17, 15) is 5.11 Å². The van der Waals surface area contributed by atoms with Gasteiger partial charge >= 0.3 is 0 Å². The van der Waals surface area contributed by atoms with E-state index in [1.165, 1.54) is 6.20 Å². The molecule has 124 valence electrons. The molecule has 0 spiro atoms. The summed E-state index contributed by atoms with van der Waals surface area (Å²) in [6, 6.07) is 22.1. The average molecular weight is 332 g/mol. The van der Waals surface area contributed by atoms with E-state index in [0.29, 0.717) is 23.9 Å². The molecule has 0 bridgehead atoms. The second-order valence-corrected chi connectivity index (χ2v) is 5.24. The smallest absolute Gasteiger partial charge is 0.186 e. The summed E-state index contributed by atoms with van der Waals surface area (Å²) in [6.07, 6.45) is 0.147. The van der Waals surface area contributed by atoms with Gasteiger partial charge in [0.25, 0.3) is 0 Å². The van der Waals surface area contributed by atoms with Crippen LogP contribution in [0.3, 0.4) is 0 Å². The molecule has 25 heavy (non-hydrogen) atoms. The Morgan fingerprint density at radius 1 is 0.920 bits per heavy atom. The van der Waals surface area contributed by atoms with E-state index in [-0.39, 0.29) is 5.69 Å². The van der Waals surface area contributed by atoms with Gasteiger partial charge in [-0.2, -0.15) is 5.26 Å². The van der Waals surface area contributed by atoms with Crippen LogP contribution in [0.2, 0.25) is 0 Å². The molecule has 3 rings (SSSR count). The first-order valence-electron chi connectivity index (χ1n) is 7.74. The van der Waals surface area contributed by atoms with E-state index in [0.717, 1.165) is 5.56 Å². The Morgan fingerprint density at radius 2 is 1.60 bits per heavy atom. The van der Waals surface area contributed by atoms with Crippen molar-refractivity contribution in [3.8, 4) is 23.3 Å². The van der Waals surface area contributed by atoms with E-state index >= 15 is 0 Å². The molecular formula is C20H16N2O3. The Bertz CT molecular complexity index is 875. The maximum absolute atomic E-state index is 9.77. The summed E-state index contributed by atoms with van der Waals surface area (Å²) in [5, 5.41) is 18.7. The van der Waals surface area contributed by atoms with Gasteiger partial charge in [0.1, 0.15) is 18.4 Å². The summed E-state index contributed by atoms with van der Waals surface area (Å²) >= 11 is 0. The number of para-hydroxylation sites is 2. The van der Waals surface area contributed by atoms with Crippen LogP contribution in [-0.4, -0.2) is 10.1 Å². The van der Waals surface area contributed by atoms with Crippen LogP contribution in [0.15, 0.2) is 72.9 Å². The third-order valence-corrected chi connectivity index (χ3v) is 3.49. The second-order valence-electron chi connectivity index (χ2n) is 5.24. The quantitative estimate of drug-likeness (QED) is 0.690. The first-order valence-corrected chi connectivity index (χ1v) is 7.74. The van der Waals surface area contributed by atoms with Crippen molar-refractivity contribution in [1.29, 1.82) is 5.26 Å². The predicted octanol–water partition coefficient (Wildman–Crippen LogP) is 4.01. The number of rotatable bonds is 6. The molecule has 1 heterocycles. The summed E-state index contributed by atoms with van der Waals surface area (Å²) in [6.45, 7) is 0.405. The SMILES string of the molecule is N#CC(O)c1ncccc1Oc1ccccc1OCc1ccccc1. The number of hydrogen-bond donors (Lipinski definition) is 1. The van der Waals surface area contributed by atoms with Gasteiger partial charge in [0.15, 0.2) is 23.4 Å². The summed E-state index contributed by atoms with van der Waals surface area (Å²) in [4.78, 5) is 4.03. The molecule has 0 saturated heterocycles. The molecule has 0 aliphatic heterocycles. The molecule has 3 aromatic rings. The monoisotopic (exact) mass is 332 g/mol. The first-order chi connectivity index (χ1) is 12.3. The molecule has 5 heteroatoms. The molecule has 1 N–H and O–H groups in total. The molecule has 0 aliphatic carbocycles. The fourth-order valence-corrected chi connectivity index (χ4v) is 2.26. The summed E-state index contributed by atoms with van der Waals surface area (Å²) in [7, 11) is 0. The van der Waals surface area contributed by atoms with Crippen molar-refractivity contribution < 1.29 is 14.6 Å². The van der Waals surface area contributed by atoms with Crippen molar-refractivity contribution >= 4 is 0 Å². The number of nitrogens with zero attached hydrogens (tertiary/aromatic N) is 2. The third kappa shape index (κ3) is 4.14. The lowest BCUT2D eigenvalue weighted by atomic mass is 10.2. The van der Waals surface area contributed by atoms with Gasteiger partial charge < -0.3 is 14.6 Å². The van der Waals surface area contributed by atoms with Crippen LogP contribution in [0.1, 0.15) is 17.4 Å². The van der Waals surface area contributed by atoms with E-state index in [4.69, 9.17) is 14.7 Å². The lowest BCUT2D eigenvalue weighted by Crippen LogP contribution is -2.02. The van der Waals surface area contributed by atoms with Gasteiger partial charge in [-0.3, -0.25) is 4.98 Å². The van der Waals surface area contributed by atoms with Gasteiger partial charge in [0.05, 0.1) is 0 Å². The van der Waals surface area contributed by atoms with E-state index in [1.54, 1.807) is 30.3 Å². The van der Waals surface area contributed by atoms with Crippen molar-refractivity contribution in [1.82, 2.24) is 4.98 Å². The van der Waals surface area contributed by atoms with Gasteiger partial charge in [-0.05, 0) is 29.8 Å². The molecule has 1 aromatic heterocycles. The van der Waals surface area contributed by atoms with Gasteiger partial charge in [0.2, 0.25) is 0 Å². The molecule has 0 amide bonds. The highest BCUT2D eigenvalue weighted by atomic mass is 16.5. The highest BCUT2D eigenvalue weighted by Crippen LogP contribution is 2.34. The van der Waals surface area contributed by atoms with Crippen molar-refractivity contribution in [3.05, 3.63) is 84.2 Å². The maximum atomic E-state index is 9.77. The molecule has 0 saturated carbocycles. The zero-order valence-electron chi connectivity index (χ0n) is 13.4. The Kier molecular flexibility index (Phi) is 5.25. The summed E-state index contributed by atoms with van der Waals surface area (Å²) in [5.74, 6) is 1.36. The number of aliphatic hydroxyl groups is 1. The lowest BCUT2D eigenvalue weighted by Gasteiger charge is -2.14. The molecule has 5 nitrogen and oxygen atoms in total. The molecular weight excluding hydrogens is 316 g/mol. The predicted molar refractivity (Wildman–Crippen MR) is 92.1 cm³/mol. The van der Waals surface area contributed by atoms with Gasteiger partial charge in [0, 0.05) is 6.20 Å². The second kappa shape index (κ2) is 7.95. The van der Waals surface area contributed by atoms with E-state index in [2.05, 4.69) is 4.98 Å².